The lowest BCUT2D eigenvalue weighted by Crippen LogP contribution is -2.19. The van der Waals surface area contributed by atoms with Crippen LogP contribution in [-0.4, -0.2) is 18.1 Å². The van der Waals surface area contributed by atoms with Gasteiger partial charge in [0.05, 0.1) is 5.69 Å². The molecule has 0 atom stereocenters. The molecular weight excluding hydrogens is 286 g/mol. The average molecular weight is 304 g/mol. The smallest absolute Gasteiger partial charge is 0.172 e. The number of halogens is 1. The van der Waals surface area contributed by atoms with Gasteiger partial charge < -0.3 is 15.8 Å². The van der Waals surface area contributed by atoms with Crippen molar-refractivity contribution in [2.45, 2.75) is 13.3 Å². The second-order valence-electron chi connectivity index (χ2n) is 4.73. The van der Waals surface area contributed by atoms with Crippen molar-refractivity contribution < 1.29 is 5.21 Å². The van der Waals surface area contributed by atoms with E-state index in [1.807, 2.05) is 24.1 Å². The van der Waals surface area contributed by atoms with E-state index in [-0.39, 0.29) is 5.84 Å². The molecule has 0 fully saturated rings. The van der Waals surface area contributed by atoms with Gasteiger partial charge in [0.25, 0.3) is 0 Å². The maximum Gasteiger partial charge on any atom is 0.172 e. The normalized spacial score (nSPS) is 11.5. The molecule has 0 aliphatic heterocycles. The second-order valence-corrected chi connectivity index (χ2v) is 5.16. The van der Waals surface area contributed by atoms with Crippen molar-refractivity contribution in [1.82, 2.24) is 0 Å². The summed E-state index contributed by atoms with van der Waals surface area (Å²) in [4.78, 5) is 1.96. The van der Waals surface area contributed by atoms with Gasteiger partial charge in [0.15, 0.2) is 5.84 Å². The Hall–Kier alpha value is -2.20. The number of hydrogen-bond acceptors (Lipinski definition) is 3. The average Bonchev–Trinajstić information content (AvgIpc) is 2.53. The van der Waals surface area contributed by atoms with Gasteiger partial charge in [-0.1, -0.05) is 35.8 Å². The van der Waals surface area contributed by atoms with Gasteiger partial charge in [-0.15, -0.1) is 0 Å². The van der Waals surface area contributed by atoms with Gasteiger partial charge in [-0.2, -0.15) is 0 Å². The number of benzene rings is 2. The SMILES string of the molecule is CCc1ccc(N(C)c2cc(Cl)ccc2C(N)=NO)cc1. The summed E-state index contributed by atoms with van der Waals surface area (Å²) < 4.78 is 0. The van der Waals surface area contributed by atoms with E-state index in [1.165, 1.54) is 5.56 Å². The molecule has 0 saturated carbocycles. The minimum Gasteiger partial charge on any atom is -0.409 e. The van der Waals surface area contributed by atoms with Crippen molar-refractivity contribution in [1.29, 1.82) is 0 Å². The van der Waals surface area contributed by atoms with Crippen LogP contribution in [0.4, 0.5) is 11.4 Å². The van der Waals surface area contributed by atoms with Crippen LogP contribution in [0.15, 0.2) is 47.6 Å². The summed E-state index contributed by atoms with van der Waals surface area (Å²) >= 11 is 6.07. The van der Waals surface area contributed by atoms with Crippen molar-refractivity contribution in [3.63, 3.8) is 0 Å². The standard InChI is InChI=1S/C16H18ClN3O/c1-3-11-4-7-13(8-5-11)20(2)15-10-12(17)6-9-14(15)16(18)19-21/h4-10,21H,3H2,1-2H3,(H2,18,19). The number of rotatable bonds is 4. The molecule has 0 amide bonds. The molecule has 4 nitrogen and oxygen atoms in total. The van der Waals surface area contributed by atoms with E-state index in [1.54, 1.807) is 18.2 Å². The Balaban J connectivity index is 2.46. The summed E-state index contributed by atoms with van der Waals surface area (Å²) in [7, 11) is 1.92. The molecule has 0 spiro atoms. The molecule has 2 aromatic rings. The van der Waals surface area contributed by atoms with Crippen molar-refractivity contribution in [3.05, 3.63) is 58.6 Å². The summed E-state index contributed by atoms with van der Waals surface area (Å²) in [5.41, 5.74) is 9.42. The van der Waals surface area contributed by atoms with Crippen LogP contribution >= 0.6 is 11.6 Å². The Morgan fingerprint density at radius 1 is 1.24 bits per heavy atom. The third-order valence-electron chi connectivity index (χ3n) is 3.44. The van der Waals surface area contributed by atoms with Crippen LogP contribution in [-0.2, 0) is 6.42 Å². The van der Waals surface area contributed by atoms with Gasteiger partial charge >= 0.3 is 0 Å². The van der Waals surface area contributed by atoms with E-state index in [4.69, 9.17) is 22.5 Å². The zero-order valence-corrected chi connectivity index (χ0v) is 12.8. The fourth-order valence-corrected chi connectivity index (χ4v) is 2.31. The summed E-state index contributed by atoms with van der Waals surface area (Å²) in [6.45, 7) is 2.12. The molecule has 5 heteroatoms. The van der Waals surface area contributed by atoms with Gasteiger partial charge in [-0.3, -0.25) is 0 Å². The topological polar surface area (TPSA) is 61.8 Å². The monoisotopic (exact) mass is 303 g/mol. The third kappa shape index (κ3) is 3.28. The van der Waals surface area contributed by atoms with E-state index in [9.17, 15) is 0 Å². The molecule has 2 rings (SSSR count). The molecule has 0 aliphatic carbocycles. The first-order valence-electron chi connectivity index (χ1n) is 6.67. The summed E-state index contributed by atoms with van der Waals surface area (Å²) in [5.74, 6) is 0.0543. The largest absolute Gasteiger partial charge is 0.409 e. The maximum absolute atomic E-state index is 8.91. The minimum absolute atomic E-state index is 0.0543. The Labute approximate surface area is 129 Å². The summed E-state index contributed by atoms with van der Waals surface area (Å²) in [6, 6.07) is 13.5. The number of anilines is 2. The van der Waals surface area contributed by atoms with E-state index >= 15 is 0 Å². The van der Waals surface area contributed by atoms with Gasteiger partial charge in [0.1, 0.15) is 0 Å². The fourth-order valence-electron chi connectivity index (χ4n) is 2.15. The first kappa shape index (κ1) is 15.2. The molecule has 110 valence electrons. The highest BCUT2D eigenvalue weighted by atomic mass is 35.5. The zero-order valence-electron chi connectivity index (χ0n) is 12.0. The molecular formula is C16H18ClN3O. The highest BCUT2D eigenvalue weighted by molar-refractivity contribution is 6.31. The minimum atomic E-state index is 0.0543. The van der Waals surface area contributed by atoms with Gasteiger partial charge in [-0.05, 0) is 42.3 Å². The summed E-state index contributed by atoms with van der Waals surface area (Å²) in [5, 5.41) is 12.6. The Morgan fingerprint density at radius 3 is 2.48 bits per heavy atom. The maximum atomic E-state index is 8.91. The molecule has 0 heterocycles. The van der Waals surface area contributed by atoms with Crippen molar-refractivity contribution in [2.24, 2.45) is 10.9 Å². The molecule has 0 aliphatic rings. The van der Waals surface area contributed by atoms with Crippen LogP contribution in [0, 0.1) is 0 Å². The number of oxime groups is 1. The van der Waals surface area contributed by atoms with Gasteiger partial charge in [0.2, 0.25) is 0 Å². The number of hydrogen-bond donors (Lipinski definition) is 2. The van der Waals surface area contributed by atoms with Gasteiger partial charge in [0, 0.05) is 23.3 Å². The molecule has 21 heavy (non-hydrogen) atoms. The van der Waals surface area contributed by atoms with E-state index < -0.39 is 0 Å². The van der Waals surface area contributed by atoms with Crippen LogP contribution in [0.3, 0.4) is 0 Å². The van der Waals surface area contributed by atoms with Crippen molar-refractivity contribution >= 4 is 28.8 Å². The Bertz CT molecular complexity index is 653. The first-order valence-corrected chi connectivity index (χ1v) is 7.04. The van der Waals surface area contributed by atoms with E-state index in [0.717, 1.165) is 17.8 Å². The van der Waals surface area contributed by atoms with Crippen molar-refractivity contribution in [2.75, 3.05) is 11.9 Å². The quantitative estimate of drug-likeness (QED) is 0.391. The Morgan fingerprint density at radius 2 is 1.90 bits per heavy atom. The number of amidine groups is 1. The number of nitrogens with two attached hydrogens (primary N) is 1. The molecule has 3 N–H and O–H groups in total. The van der Waals surface area contributed by atoms with E-state index in [0.29, 0.717) is 10.6 Å². The highest BCUT2D eigenvalue weighted by Crippen LogP contribution is 2.30. The lowest BCUT2D eigenvalue weighted by Gasteiger charge is -2.22. The van der Waals surface area contributed by atoms with Gasteiger partial charge in [-0.25, -0.2) is 0 Å². The van der Waals surface area contributed by atoms with Crippen LogP contribution in [0.1, 0.15) is 18.1 Å². The lowest BCUT2D eigenvalue weighted by molar-refractivity contribution is 0.318. The predicted octanol–water partition coefficient (Wildman–Crippen LogP) is 3.76. The molecule has 0 unspecified atom stereocenters. The molecule has 0 radical (unpaired) electrons. The van der Waals surface area contributed by atoms with Crippen molar-refractivity contribution in [3.8, 4) is 0 Å². The molecule has 2 aromatic carbocycles. The van der Waals surface area contributed by atoms with Crippen LogP contribution < -0.4 is 10.6 Å². The fraction of sp³-hybridized carbons (Fsp3) is 0.188. The number of aryl methyl sites for hydroxylation is 1. The predicted molar refractivity (Wildman–Crippen MR) is 87.8 cm³/mol. The Kier molecular flexibility index (Phi) is 4.70. The zero-order chi connectivity index (χ0) is 15.4. The second kappa shape index (κ2) is 6.50. The highest BCUT2D eigenvalue weighted by Gasteiger charge is 2.13. The number of nitrogens with zero attached hydrogens (tertiary/aromatic N) is 2. The lowest BCUT2D eigenvalue weighted by atomic mass is 10.1. The molecule has 0 bridgehead atoms. The molecule has 0 aromatic heterocycles. The van der Waals surface area contributed by atoms with Crippen LogP contribution in [0.2, 0.25) is 5.02 Å². The summed E-state index contributed by atoms with van der Waals surface area (Å²) in [6.07, 6.45) is 0.997. The van der Waals surface area contributed by atoms with Crippen LogP contribution in [0.25, 0.3) is 0 Å². The van der Waals surface area contributed by atoms with Crippen LogP contribution in [0.5, 0.6) is 0 Å². The molecule has 0 saturated heterocycles. The third-order valence-corrected chi connectivity index (χ3v) is 3.67. The first-order chi connectivity index (χ1) is 10.1. The van der Waals surface area contributed by atoms with E-state index in [2.05, 4.69) is 24.2 Å².